The molecule has 3 saturated carbocycles. The lowest BCUT2D eigenvalue weighted by Gasteiger charge is -2.39. The number of nitrogens with one attached hydrogen (secondary N) is 4. The molecule has 5 fully saturated rings. The molecule has 0 aromatic rings. The second kappa shape index (κ2) is 32.9. The largest absolute Gasteiger partial charge is 0.394 e. The van der Waals surface area contributed by atoms with E-state index in [1.807, 2.05) is 27.7 Å². The number of rotatable bonds is 10. The van der Waals surface area contributed by atoms with Crippen LogP contribution in [0.4, 0.5) is 17.6 Å². The SMILES string of the molecule is CC(C)C[C@H]1C(=O)N[C@@H](C(C)C)C(=O)N(C)CC(=O)N(C)CC(=O)N(C)[C@@H](CC2CCCCC2)C(=O)N(C)CC(=O)N[C@@H](CCC2CCC(C(F)(F)F)C(F)C2)C(=O)N2CCC[C@H]2C(=O)NC2(CCCC2)C(=O)N(C)[C@@H](CC(C)C)C(=O)N[C@H](C)CC(=O)N1C. The molecule has 4 N–H and O–H groups in total. The van der Waals surface area contributed by atoms with Crippen molar-refractivity contribution in [3.05, 3.63) is 0 Å². The Morgan fingerprint density at radius 1 is 0.556 bits per heavy atom. The van der Waals surface area contributed by atoms with Crippen molar-refractivity contribution in [1.29, 1.82) is 0 Å². The van der Waals surface area contributed by atoms with Crippen LogP contribution >= 0.6 is 0 Å². The third-order valence-electron chi connectivity index (χ3n) is 19.3. The fraction of sp³-hybridized carbons (Fsp3) is 0.828. The topological polar surface area (TPSA) is 259 Å². The number of fused-ring (bicyclic) bond motifs is 1. The number of hydrogen-bond acceptors (Lipinski definition) is 11. The summed E-state index contributed by atoms with van der Waals surface area (Å²) < 4.78 is 56.4. The summed E-state index contributed by atoms with van der Waals surface area (Å²) in [5, 5.41) is 11.5. The highest BCUT2D eigenvalue weighted by atomic mass is 19.4. The van der Waals surface area contributed by atoms with E-state index in [2.05, 4.69) is 21.3 Å². The first-order chi connectivity index (χ1) is 42.1. The van der Waals surface area contributed by atoms with E-state index in [0.717, 1.165) is 46.8 Å². The minimum Gasteiger partial charge on any atom is -0.351 e. The fourth-order valence-corrected chi connectivity index (χ4v) is 13.8. The molecule has 90 heavy (non-hydrogen) atoms. The molecular weight excluding hydrogens is 1170 g/mol. The van der Waals surface area contributed by atoms with Gasteiger partial charge in [0.15, 0.2) is 0 Å². The van der Waals surface area contributed by atoms with E-state index in [9.17, 15) is 56.3 Å². The predicted molar refractivity (Wildman–Crippen MR) is 329 cm³/mol. The number of carbonyl (C=O) groups excluding carboxylic acids is 11. The molecular formula is C64H105F4N11O11. The van der Waals surface area contributed by atoms with Crippen LogP contribution in [-0.2, 0) is 52.7 Å². The summed E-state index contributed by atoms with van der Waals surface area (Å²) in [7, 11) is 8.52. The van der Waals surface area contributed by atoms with Crippen molar-refractivity contribution in [2.75, 3.05) is 68.5 Å². The average Bonchev–Trinajstić information content (AvgIpc) is 1.56. The molecule has 2 saturated heterocycles. The van der Waals surface area contributed by atoms with E-state index in [1.165, 1.54) is 61.9 Å². The van der Waals surface area contributed by atoms with E-state index >= 15 is 14.0 Å². The Bertz CT molecular complexity index is 2540. The second-order valence-electron chi connectivity index (χ2n) is 28.0. The first kappa shape index (κ1) is 74.6. The van der Waals surface area contributed by atoms with Crippen molar-refractivity contribution in [2.45, 2.75) is 237 Å². The average molecular weight is 1280 g/mol. The quantitative estimate of drug-likeness (QED) is 0.213. The van der Waals surface area contributed by atoms with Gasteiger partial charge < -0.3 is 55.6 Å². The highest BCUT2D eigenvalue weighted by Gasteiger charge is 2.51. The molecule has 0 bridgehead atoms. The molecule has 0 aromatic carbocycles. The van der Waals surface area contributed by atoms with Crippen LogP contribution in [0.15, 0.2) is 0 Å². The third kappa shape index (κ3) is 19.9. The first-order valence-corrected chi connectivity index (χ1v) is 32.8. The number of likely N-dealkylation sites (N-methyl/N-ethyl adjacent to an activating group) is 6. The molecule has 5 aliphatic rings. The lowest BCUT2D eigenvalue weighted by atomic mass is 9.78. The Hall–Kier alpha value is -6.11. The Morgan fingerprint density at radius 2 is 1.12 bits per heavy atom. The van der Waals surface area contributed by atoms with Crippen LogP contribution in [0.5, 0.6) is 0 Å². The Morgan fingerprint density at radius 3 is 1.70 bits per heavy atom. The lowest BCUT2D eigenvalue weighted by Crippen LogP contribution is -2.64. The van der Waals surface area contributed by atoms with Crippen molar-refractivity contribution in [3.63, 3.8) is 0 Å². The van der Waals surface area contributed by atoms with Gasteiger partial charge >= 0.3 is 6.18 Å². The van der Waals surface area contributed by atoms with Gasteiger partial charge in [0.2, 0.25) is 65.0 Å². The fourth-order valence-electron chi connectivity index (χ4n) is 13.8. The van der Waals surface area contributed by atoms with Gasteiger partial charge in [-0.25, -0.2) is 4.39 Å². The standard InChI is InChI=1S/C64H105F4N11O11/c1-38(2)30-48-57(85)71-55(40(5)6)61(89)75(10)36-53(82)73(8)37-54(83)77(12)50(34-42-20-15-14-16-21-42)60(88)74(9)35-51(80)70-46(26-24-43-23-25-44(45(65)33-43)64(66,67)68)59(87)79-29-19-22-47(79)58(86)72-63(27-17-18-28-63)62(90)78(13)49(31-39(3)4)56(84)69-41(7)32-52(81)76(48)11/h38-50,55H,14-37H2,1-13H3,(H,69,84)(H,70,80)(H,71,85)(H,72,86)/t41-,43?,44?,45?,46+,47+,48+,49+,50+,55+/m1/s1. The number of halogens is 4. The highest BCUT2D eigenvalue weighted by Crippen LogP contribution is 2.43. The molecule has 0 radical (unpaired) electrons. The normalized spacial score (nSPS) is 29.6. The monoisotopic (exact) mass is 1280 g/mol. The van der Waals surface area contributed by atoms with Crippen LogP contribution in [0.1, 0.15) is 177 Å². The van der Waals surface area contributed by atoms with Crippen LogP contribution < -0.4 is 21.3 Å². The van der Waals surface area contributed by atoms with Crippen molar-refractivity contribution in [2.24, 2.45) is 35.5 Å². The zero-order valence-electron chi connectivity index (χ0n) is 55.7. The number of amides is 11. The van der Waals surface area contributed by atoms with Gasteiger partial charge in [0, 0.05) is 61.3 Å². The molecule has 0 aromatic heterocycles. The molecule has 3 aliphatic carbocycles. The van der Waals surface area contributed by atoms with Gasteiger partial charge in [-0.1, -0.05) is 86.5 Å². The van der Waals surface area contributed by atoms with E-state index in [-0.39, 0.29) is 88.5 Å². The Kier molecular flexibility index (Phi) is 27.3. The second-order valence-corrected chi connectivity index (χ2v) is 28.0. The maximum Gasteiger partial charge on any atom is 0.394 e. The molecule has 510 valence electrons. The maximum absolute atomic E-state index is 15.2. The van der Waals surface area contributed by atoms with E-state index in [0.29, 0.717) is 19.3 Å². The van der Waals surface area contributed by atoms with Gasteiger partial charge in [-0.15, -0.1) is 0 Å². The number of alkyl halides is 4. The Balaban J connectivity index is 1.52. The first-order valence-electron chi connectivity index (χ1n) is 32.8. The van der Waals surface area contributed by atoms with Gasteiger partial charge in [-0.3, -0.25) is 52.7 Å². The molecule has 2 aliphatic heterocycles. The zero-order chi connectivity index (χ0) is 67.3. The minimum atomic E-state index is -4.73. The van der Waals surface area contributed by atoms with E-state index in [1.54, 1.807) is 20.8 Å². The number of hydrogen-bond donors (Lipinski definition) is 4. The van der Waals surface area contributed by atoms with Crippen LogP contribution in [0, 0.1) is 35.5 Å². The molecule has 22 nitrogen and oxygen atoms in total. The van der Waals surface area contributed by atoms with Crippen LogP contribution in [-0.4, -0.2) is 228 Å². The summed E-state index contributed by atoms with van der Waals surface area (Å²) in [5.41, 5.74) is -1.50. The van der Waals surface area contributed by atoms with Crippen LogP contribution in [0.3, 0.4) is 0 Å². The smallest absolute Gasteiger partial charge is 0.351 e. The van der Waals surface area contributed by atoms with E-state index in [4.69, 9.17) is 0 Å². The van der Waals surface area contributed by atoms with Crippen molar-refractivity contribution in [1.82, 2.24) is 55.6 Å². The molecule has 2 heterocycles. The zero-order valence-corrected chi connectivity index (χ0v) is 55.7. The summed E-state index contributed by atoms with van der Waals surface area (Å²) in [4.78, 5) is 168. The summed E-state index contributed by atoms with van der Waals surface area (Å²) in [6.45, 7) is 11.0. The maximum atomic E-state index is 15.2. The molecule has 5 rings (SSSR count). The molecule has 11 amide bonds. The third-order valence-corrected chi connectivity index (χ3v) is 19.3. The van der Waals surface area contributed by atoms with E-state index < -0.39 is 175 Å². The summed E-state index contributed by atoms with van der Waals surface area (Å²) >= 11 is 0. The summed E-state index contributed by atoms with van der Waals surface area (Å²) in [5.74, 6) is -10.2. The number of carbonyl (C=O) groups is 11. The van der Waals surface area contributed by atoms with Gasteiger partial charge in [0.25, 0.3) is 0 Å². The molecule has 10 atom stereocenters. The van der Waals surface area contributed by atoms with Gasteiger partial charge in [-0.05, 0) is 114 Å². The molecule has 3 unspecified atom stereocenters. The predicted octanol–water partition coefficient (Wildman–Crippen LogP) is 4.96. The summed E-state index contributed by atoms with van der Waals surface area (Å²) in [6, 6.07) is -7.74. The van der Waals surface area contributed by atoms with Crippen molar-refractivity contribution < 1.29 is 70.3 Å². The highest BCUT2D eigenvalue weighted by molar-refractivity contribution is 5.99. The summed E-state index contributed by atoms with van der Waals surface area (Å²) in [6.07, 6.45) is -1.11. The Labute approximate surface area is 530 Å². The molecule has 1 spiro atoms. The number of nitrogens with zero attached hydrogens (tertiary/aromatic N) is 7. The van der Waals surface area contributed by atoms with Crippen molar-refractivity contribution in [3.8, 4) is 0 Å². The van der Waals surface area contributed by atoms with Crippen molar-refractivity contribution >= 4 is 65.0 Å². The molecule has 26 heteroatoms. The van der Waals surface area contributed by atoms with Gasteiger partial charge in [0.05, 0.1) is 25.6 Å². The van der Waals surface area contributed by atoms with Gasteiger partial charge in [0.1, 0.15) is 48.0 Å². The van der Waals surface area contributed by atoms with Crippen LogP contribution in [0.25, 0.3) is 0 Å². The lowest BCUT2D eigenvalue weighted by molar-refractivity contribution is -0.201. The van der Waals surface area contributed by atoms with Gasteiger partial charge in [-0.2, -0.15) is 13.2 Å². The van der Waals surface area contributed by atoms with Crippen LogP contribution in [0.2, 0.25) is 0 Å². The minimum absolute atomic E-state index is 0.0137.